The lowest BCUT2D eigenvalue weighted by Crippen LogP contribution is -2.51. The van der Waals surface area contributed by atoms with Gasteiger partial charge in [-0.3, -0.25) is 14.5 Å². The minimum atomic E-state index is -0.523. The highest BCUT2D eigenvalue weighted by Gasteiger charge is 2.30. The highest BCUT2D eigenvalue weighted by molar-refractivity contribution is 7.12. The lowest BCUT2D eigenvalue weighted by atomic mass is 10.0. The molecular weight excluding hydrogens is 396 g/mol. The van der Waals surface area contributed by atoms with E-state index in [1.807, 2.05) is 54.5 Å². The van der Waals surface area contributed by atoms with Gasteiger partial charge in [-0.2, -0.15) is 5.26 Å². The van der Waals surface area contributed by atoms with Crippen molar-refractivity contribution in [2.75, 3.05) is 26.2 Å². The number of carbonyl (C=O) groups is 2. The van der Waals surface area contributed by atoms with Crippen molar-refractivity contribution in [2.24, 2.45) is 5.92 Å². The molecule has 3 rings (SSSR count). The number of nitrogens with zero attached hydrogens (tertiary/aromatic N) is 3. The summed E-state index contributed by atoms with van der Waals surface area (Å²) in [5.41, 5.74) is 1.83. The van der Waals surface area contributed by atoms with Gasteiger partial charge in [0.1, 0.15) is 6.04 Å². The molecule has 7 heteroatoms. The number of benzene rings is 1. The van der Waals surface area contributed by atoms with Crippen LogP contribution in [0, 0.1) is 17.2 Å². The van der Waals surface area contributed by atoms with Crippen LogP contribution in [0.4, 0.5) is 0 Å². The maximum Gasteiger partial charge on any atom is 0.262 e. The van der Waals surface area contributed by atoms with Crippen molar-refractivity contribution in [1.82, 2.24) is 15.1 Å². The molecule has 6 nitrogen and oxygen atoms in total. The van der Waals surface area contributed by atoms with Crippen molar-refractivity contribution in [2.45, 2.75) is 32.9 Å². The molecule has 1 aromatic heterocycles. The number of rotatable bonds is 6. The van der Waals surface area contributed by atoms with Crippen LogP contribution in [0.2, 0.25) is 0 Å². The van der Waals surface area contributed by atoms with Crippen LogP contribution in [0.1, 0.15) is 41.1 Å². The van der Waals surface area contributed by atoms with Gasteiger partial charge < -0.3 is 10.2 Å². The van der Waals surface area contributed by atoms with Gasteiger partial charge in [0.2, 0.25) is 5.91 Å². The van der Waals surface area contributed by atoms with E-state index in [4.69, 9.17) is 5.26 Å². The second-order valence-electron chi connectivity index (χ2n) is 7.94. The molecule has 1 saturated heterocycles. The maximum absolute atomic E-state index is 13.2. The third-order valence-electron chi connectivity index (χ3n) is 5.35. The van der Waals surface area contributed by atoms with E-state index < -0.39 is 6.04 Å². The Bertz CT molecular complexity index is 887. The quantitative estimate of drug-likeness (QED) is 0.773. The monoisotopic (exact) mass is 424 g/mol. The summed E-state index contributed by atoms with van der Waals surface area (Å²) in [4.78, 5) is 30.5. The third-order valence-corrected chi connectivity index (χ3v) is 6.22. The van der Waals surface area contributed by atoms with Crippen molar-refractivity contribution in [3.63, 3.8) is 0 Å². The molecule has 1 atom stereocenters. The van der Waals surface area contributed by atoms with E-state index in [-0.39, 0.29) is 17.7 Å². The van der Waals surface area contributed by atoms with Crippen LogP contribution in [-0.2, 0) is 11.3 Å². The first-order valence-electron chi connectivity index (χ1n) is 10.3. The number of thiophene rings is 1. The van der Waals surface area contributed by atoms with E-state index in [1.165, 1.54) is 11.3 Å². The van der Waals surface area contributed by atoms with Crippen LogP contribution in [0.5, 0.6) is 0 Å². The first-order chi connectivity index (χ1) is 14.5. The molecule has 1 aliphatic rings. The third kappa shape index (κ3) is 5.68. The molecule has 0 bridgehead atoms. The number of nitrogens with one attached hydrogen (secondary N) is 1. The SMILES string of the molecule is CC(C)C(NC(=O)c1cccs1)C(=O)N1CCCN(Cc2ccc(C#N)cc2)CC1. The summed E-state index contributed by atoms with van der Waals surface area (Å²) in [5.74, 6) is -0.177. The highest BCUT2D eigenvalue weighted by atomic mass is 32.1. The fraction of sp³-hybridized carbons (Fsp3) is 0.435. The van der Waals surface area contributed by atoms with E-state index in [0.717, 1.165) is 31.6 Å². The van der Waals surface area contributed by atoms with Gasteiger partial charge >= 0.3 is 0 Å². The summed E-state index contributed by atoms with van der Waals surface area (Å²) >= 11 is 1.38. The van der Waals surface area contributed by atoms with Crippen molar-refractivity contribution in [3.05, 3.63) is 57.8 Å². The molecule has 1 N–H and O–H groups in total. The van der Waals surface area contributed by atoms with Gasteiger partial charge in [-0.05, 0) is 41.5 Å². The molecule has 0 aliphatic carbocycles. The average Bonchev–Trinajstić information content (AvgIpc) is 3.19. The molecular formula is C23H28N4O2S. The van der Waals surface area contributed by atoms with Crippen LogP contribution in [0.25, 0.3) is 0 Å². The van der Waals surface area contributed by atoms with E-state index in [2.05, 4.69) is 16.3 Å². The Balaban J connectivity index is 1.58. The Labute approximate surface area is 182 Å². The van der Waals surface area contributed by atoms with Gasteiger partial charge in [-0.1, -0.05) is 32.0 Å². The summed E-state index contributed by atoms with van der Waals surface area (Å²) in [6, 6.07) is 12.9. The molecule has 0 spiro atoms. The van der Waals surface area contributed by atoms with Gasteiger partial charge in [0, 0.05) is 32.7 Å². The van der Waals surface area contributed by atoms with Crippen molar-refractivity contribution < 1.29 is 9.59 Å². The molecule has 2 aromatic rings. The van der Waals surface area contributed by atoms with Crippen molar-refractivity contribution in [3.8, 4) is 6.07 Å². The fourth-order valence-corrected chi connectivity index (χ4v) is 4.25. The molecule has 30 heavy (non-hydrogen) atoms. The van der Waals surface area contributed by atoms with Gasteiger partial charge in [0.25, 0.3) is 5.91 Å². The zero-order valence-corrected chi connectivity index (χ0v) is 18.3. The average molecular weight is 425 g/mol. The highest BCUT2D eigenvalue weighted by Crippen LogP contribution is 2.15. The van der Waals surface area contributed by atoms with Gasteiger partial charge in [0.05, 0.1) is 16.5 Å². The largest absolute Gasteiger partial charge is 0.340 e. The molecule has 158 valence electrons. The Morgan fingerprint density at radius 3 is 2.53 bits per heavy atom. The Kier molecular flexibility index (Phi) is 7.61. The van der Waals surface area contributed by atoms with Crippen LogP contribution >= 0.6 is 11.3 Å². The molecule has 1 aliphatic heterocycles. The number of nitriles is 1. The lowest BCUT2D eigenvalue weighted by molar-refractivity contribution is -0.134. The molecule has 0 saturated carbocycles. The van der Waals surface area contributed by atoms with Gasteiger partial charge in [0.15, 0.2) is 0 Å². The number of hydrogen-bond acceptors (Lipinski definition) is 5. The second-order valence-corrected chi connectivity index (χ2v) is 8.88. The second kappa shape index (κ2) is 10.4. The van der Waals surface area contributed by atoms with Crippen molar-refractivity contribution in [1.29, 1.82) is 5.26 Å². The molecule has 2 heterocycles. The van der Waals surface area contributed by atoms with Crippen molar-refractivity contribution >= 4 is 23.2 Å². The summed E-state index contributed by atoms with van der Waals surface area (Å²) in [5, 5.41) is 13.7. The Morgan fingerprint density at radius 1 is 1.13 bits per heavy atom. The zero-order chi connectivity index (χ0) is 21.5. The first kappa shape index (κ1) is 22.0. The predicted molar refractivity (Wildman–Crippen MR) is 118 cm³/mol. The Morgan fingerprint density at radius 2 is 1.90 bits per heavy atom. The summed E-state index contributed by atoms with van der Waals surface area (Å²) < 4.78 is 0. The molecule has 0 radical (unpaired) electrons. The lowest BCUT2D eigenvalue weighted by Gasteiger charge is -2.29. The van der Waals surface area contributed by atoms with Crippen LogP contribution in [0.15, 0.2) is 41.8 Å². The summed E-state index contributed by atoms with van der Waals surface area (Å²) in [7, 11) is 0. The van der Waals surface area contributed by atoms with E-state index >= 15 is 0 Å². The predicted octanol–water partition coefficient (Wildman–Crippen LogP) is 3.11. The fourth-order valence-electron chi connectivity index (χ4n) is 3.62. The van der Waals surface area contributed by atoms with Gasteiger partial charge in [-0.15, -0.1) is 11.3 Å². The number of carbonyl (C=O) groups excluding carboxylic acids is 2. The molecule has 2 amide bonds. The van der Waals surface area contributed by atoms with Gasteiger partial charge in [-0.25, -0.2) is 0 Å². The number of hydrogen-bond donors (Lipinski definition) is 1. The zero-order valence-electron chi connectivity index (χ0n) is 17.5. The van der Waals surface area contributed by atoms with Crippen LogP contribution in [-0.4, -0.2) is 53.8 Å². The molecule has 1 unspecified atom stereocenters. The first-order valence-corrected chi connectivity index (χ1v) is 11.2. The van der Waals surface area contributed by atoms with Crippen LogP contribution in [0.3, 0.4) is 0 Å². The maximum atomic E-state index is 13.2. The van der Waals surface area contributed by atoms with Crippen LogP contribution < -0.4 is 5.32 Å². The minimum Gasteiger partial charge on any atom is -0.340 e. The Hall–Kier alpha value is -2.69. The smallest absolute Gasteiger partial charge is 0.262 e. The van der Waals surface area contributed by atoms with E-state index in [1.54, 1.807) is 6.07 Å². The topological polar surface area (TPSA) is 76.4 Å². The molecule has 1 fully saturated rings. The molecule has 1 aromatic carbocycles. The number of amides is 2. The van der Waals surface area contributed by atoms with E-state index in [9.17, 15) is 9.59 Å². The summed E-state index contributed by atoms with van der Waals surface area (Å²) in [6.07, 6.45) is 0.895. The minimum absolute atomic E-state index is 0.00451. The normalized spacial score (nSPS) is 16.0. The summed E-state index contributed by atoms with van der Waals surface area (Å²) in [6.45, 7) is 7.77. The van der Waals surface area contributed by atoms with E-state index in [0.29, 0.717) is 23.5 Å². The standard InChI is InChI=1S/C23H28N4O2S/c1-17(2)21(25-22(28)20-5-3-14-30-20)23(29)27-11-4-10-26(12-13-27)16-19-8-6-18(15-24)7-9-19/h3,5-9,14,17,21H,4,10-13,16H2,1-2H3,(H,25,28).